The van der Waals surface area contributed by atoms with E-state index in [9.17, 15) is 0 Å². The normalized spacial score (nSPS) is 29.8. The maximum atomic E-state index is 8.70. The number of hydrogen-bond acceptors (Lipinski definition) is 7. The third kappa shape index (κ3) is 0.828. The molecule has 0 amide bonds. The molecular weight excluding hydrogens is 158 g/mol. The Bertz CT molecular complexity index is 191. The highest BCUT2D eigenvalue weighted by Crippen LogP contribution is 2.28. The minimum Gasteiger partial charge on any atom is -0.505 e. The molecule has 6 N–H and O–H groups in total. The molecular formula is C4H7NO6. The zero-order valence-electron chi connectivity index (χ0n) is 5.21. The SMILES string of the molecule is OC1=C(O)N(O)C(O)(O)C1O. The first kappa shape index (κ1) is 8.08. The quantitative estimate of drug-likeness (QED) is 0.229. The van der Waals surface area contributed by atoms with E-state index in [0.29, 0.717) is 0 Å². The summed E-state index contributed by atoms with van der Waals surface area (Å²) < 4.78 is 0. The van der Waals surface area contributed by atoms with Crippen LogP contribution in [-0.4, -0.2) is 47.8 Å². The molecule has 0 aliphatic carbocycles. The number of hydroxylamine groups is 2. The summed E-state index contributed by atoms with van der Waals surface area (Å²) >= 11 is 0. The molecule has 0 aromatic carbocycles. The van der Waals surface area contributed by atoms with Crippen molar-refractivity contribution in [3.8, 4) is 0 Å². The van der Waals surface area contributed by atoms with Gasteiger partial charge < -0.3 is 25.5 Å². The molecule has 11 heavy (non-hydrogen) atoms. The van der Waals surface area contributed by atoms with Crippen LogP contribution in [0.1, 0.15) is 0 Å². The summed E-state index contributed by atoms with van der Waals surface area (Å²) in [6, 6.07) is 0. The average Bonchev–Trinajstić information content (AvgIpc) is 2.06. The van der Waals surface area contributed by atoms with Gasteiger partial charge in [0, 0.05) is 0 Å². The Kier molecular flexibility index (Phi) is 1.46. The molecule has 1 atom stereocenters. The monoisotopic (exact) mass is 165 g/mol. The van der Waals surface area contributed by atoms with Crippen molar-refractivity contribution in [1.82, 2.24) is 5.06 Å². The zero-order chi connectivity index (χ0) is 8.81. The van der Waals surface area contributed by atoms with Crippen molar-refractivity contribution < 1.29 is 30.7 Å². The summed E-state index contributed by atoms with van der Waals surface area (Å²) in [6.07, 6.45) is -2.15. The average molecular weight is 165 g/mol. The first-order valence-electron chi connectivity index (χ1n) is 2.63. The fraction of sp³-hybridized carbons (Fsp3) is 0.500. The Morgan fingerprint density at radius 3 is 1.82 bits per heavy atom. The van der Waals surface area contributed by atoms with Crippen molar-refractivity contribution in [2.45, 2.75) is 12.0 Å². The first-order chi connectivity index (χ1) is 4.89. The van der Waals surface area contributed by atoms with Gasteiger partial charge >= 0.3 is 5.91 Å². The molecule has 0 aromatic rings. The van der Waals surface area contributed by atoms with Gasteiger partial charge in [0.25, 0.3) is 5.88 Å². The van der Waals surface area contributed by atoms with E-state index in [1.165, 1.54) is 0 Å². The van der Waals surface area contributed by atoms with Crippen LogP contribution in [0, 0.1) is 0 Å². The van der Waals surface area contributed by atoms with Crippen LogP contribution in [0.5, 0.6) is 0 Å². The van der Waals surface area contributed by atoms with Gasteiger partial charge in [-0.25, -0.2) is 0 Å². The van der Waals surface area contributed by atoms with E-state index in [2.05, 4.69) is 0 Å². The molecule has 0 saturated carbocycles. The molecule has 0 spiro atoms. The Morgan fingerprint density at radius 2 is 1.73 bits per heavy atom. The van der Waals surface area contributed by atoms with Crippen molar-refractivity contribution in [1.29, 1.82) is 0 Å². The third-order valence-corrected chi connectivity index (χ3v) is 1.37. The molecule has 1 rings (SSSR count). The first-order valence-corrected chi connectivity index (χ1v) is 2.63. The predicted octanol–water partition coefficient (Wildman–Crippen LogP) is -2.02. The van der Waals surface area contributed by atoms with Crippen molar-refractivity contribution in [2.75, 3.05) is 0 Å². The molecule has 0 saturated heterocycles. The summed E-state index contributed by atoms with van der Waals surface area (Å²) in [5.41, 5.74) is 0. The highest BCUT2D eigenvalue weighted by molar-refractivity contribution is 5.13. The van der Waals surface area contributed by atoms with Crippen molar-refractivity contribution in [3.05, 3.63) is 11.6 Å². The summed E-state index contributed by atoms with van der Waals surface area (Å²) in [4.78, 5) is 0. The van der Waals surface area contributed by atoms with Crippen LogP contribution in [0.2, 0.25) is 0 Å². The minimum absolute atomic E-state index is 0.451. The largest absolute Gasteiger partial charge is 0.505 e. The summed E-state index contributed by atoms with van der Waals surface area (Å²) in [5.74, 6) is -5.37. The van der Waals surface area contributed by atoms with Crippen LogP contribution in [0.25, 0.3) is 0 Å². The van der Waals surface area contributed by atoms with Crippen LogP contribution >= 0.6 is 0 Å². The Balaban J connectivity index is 3.02. The van der Waals surface area contributed by atoms with E-state index >= 15 is 0 Å². The lowest BCUT2D eigenvalue weighted by Crippen LogP contribution is -2.50. The van der Waals surface area contributed by atoms with Crippen LogP contribution in [0.15, 0.2) is 11.6 Å². The van der Waals surface area contributed by atoms with Crippen molar-refractivity contribution in [3.63, 3.8) is 0 Å². The van der Waals surface area contributed by atoms with E-state index in [-0.39, 0.29) is 0 Å². The number of nitrogens with zero attached hydrogens (tertiary/aromatic N) is 1. The Labute approximate surface area is 60.6 Å². The topological polar surface area (TPSA) is 125 Å². The molecule has 0 aromatic heterocycles. The van der Waals surface area contributed by atoms with Crippen LogP contribution in [-0.2, 0) is 0 Å². The van der Waals surface area contributed by atoms with Crippen molar-refractivity contribution >= 4 is 0 Å². The molecule has 7 heteroatoms. The summed E-state index contributed by atoms with van der Waals surface area (Å²) in [7, 11) is 0. The highest BCUT2D eigenvalue weighted by atomic mass is 16.7. The summed E-state index contributed by atoms with van der Waals surface area (Å²) in [6.45, 7) is 0. The van der Waals surface area contributed by atoms with Gasteiger partial charge in [-0.05, 0) is 0 Å². The molecule has 0 fully saturated rings. The zero-order valence-corrected chi connectivity index (χ0v) is 5.21. The van der Waals surface area contributed by atoms with Crippen LogP contribution < -0.4 is 0 Å². The van der Waals surface area contributed by atoms with Gasteiger partial charge in [-0.3, -0.25) is 5.21 Å². The van der Waals surface area contributed by atoms with Gasteiger partial charge in [0.1, 0.15) is 0 Å². The second kappa shape index (κ2) is 1.98. The Hall–Kier alpha value is -1.02. The molecule has 0 bridgehead atoms. The number of aliphatic hydroxyl groups excluding tert-OH is 3. The van der Waals surface area contributed by atoms with E-state index < -0.39 is 28.7 Å². The van der Waals surface area contributed by atoms with Gasteiger partial charge in [0.2, 0.25) is 0 Å². The predicted molar refractivity (Wildman–Crippen MR) is 29.1 cm³/mol. The van der Waals surface area contributed by atoms with E-state index in [4.69, 9.17) is 30.7 Å². The van der Waals surface area contributed by atoms with Gasteiger partial charge in [-0.15, -0.1) is 0 Å². The van der Waals surface area contributed by atoms with E-state index in [1.54, 1.807) is 0 Å². The number of hydrogen-bond donors (Lipinski definition) is 6. The molecule has 0 radical (unpaired) electrons. The maximum absolute atomic E-state index is 8.70. The highest BCUT2D eigenvalue weighted by Gasteiger charge is 2.52. The third-order valence-electron chi connectivity index (χ3n) is 1.37. The molecule has 1 heterocycles. The smallest absolute Gasteiger partial charge is 0.307 e. The molecule has 1 unspecified atom stereocenters. The molecule has 64 valence electrons. The van der Waals surface area contributed by atoms with Crippen LogP contribution in [0.3, 0.4) is 0 Å². The summed E-state index contributed by atoms with van der Waals surface area (Å²) in [5, 5.41) is 51.4. The lowest BCUT2D eigenvalue weighted by Gasteiger charge is -2.25. The van der Waals surface area contributed by atoms with Gasteiger partial charge in [-0.1, -0.05) is 0 Å². The van der Waals surface area contributed by atoms with Crippen molar-refractivity contribution in [2.24, 2.45) is 0 Å². The lowest BCUT2D eigenvalue weighted by molar-refractivity contribution is -0.368. The fourth-order valence-electron chi connectivity index (χ4n) is 0.686. The standard InChI is InChI=1S/C4H7NO6/c6-1-2(7)4(9,10)5(11)3(1)8/h2,6-11H. The maximum Gasteiger partial charge on any atom is 0.307 e. The lowest BCUT2D eigenvalue weighted by atomic mass is 10.3. The number of rotatable bonds is 0. The van der Waals surface area contributed by atoms with E-state index in [0.717, 1.165) is 0 Å². The van der Waals surface area contributed by atoms with Gasteiger partial charge in [0.05, 0.1) is 0 Å². The minimum atomic E-state index is -3.08. The molecule has 7 nitrogen and oxygen atoms in total. The Morgan fingerprint density at radius 1 is 1.27 bits per heavy atom. The molecule has 1 aliphatic heterocycles. The van der Waals surface area contributed by atoms with Gasteiger partial charge in [0.15, 0.2) is 11.9 Å². The van der Waals surface area contributed by atoms with Gasteiger partial charge in [-0.2, -0.15) is 5.06 Å². The second-order valence-corrected chi connectivity index (χ2v) is 2.11. The molecule has 1 aliphatic rings. The second-order valence-electron chi connectivity index (χ2n) is 2.11. The number of aliphatic hydroxyl groups is 5. The van der Waals surface area contributed by atoms with E-state index in [1.807, 2.05) is 0 Å². The van der Waals surface area contributed by atoms with Crippen LogP contribution in [0.4, 0.5) is 0 Å². The fourth-order valence-corrected chi connectivity index (χ4v) is 0.686.